The highest BCUT2D eigenvalue weighted by Crippen LogP contribution is 2.44. The maximum Gasteiger partial charge on any atom is 0.416 e. The molecule has 0 radical (unpaired) electrons. The van der Waals surface area contributed by atoms with Gasteiger partial charge in [0.05, 0.1) is 23.9 Å². The zero-order chi connectivity index (χ0) is 22.8. The Labute approximate surface area is 178 Å². The van der Waals surface area contributed by atoms with E-state index < -0.39 is 53.5 Å². The van der Waals surface area contributed by atoms with Crippen LogP contribution in [0.2, 0.25) is 0 Å². The molecule has 2 heterocycles. The van der Waals surface area contributed by atoms with Crippen LogP contribution < -0.4 is 10.6 Å². The van der Waals surface area contributed by atoms with E-state index in [-0.39, 0.29) is 5.69 Å². The molecule has 2 atom stereocenters. The number of anilines is 1. The van der Waals surface area contributed by atoms with Crippen molar-refractivity contribution in [3.8, 4) is 0 Å². The Balaban J connectivity index is 1.61. The van der Waals surface area contributed by atoms with Gasteiger partial charge >= 0.3 is 12.1 Å². The van der Waals surface area contributed by atoms with Crippen LogP contribution in [0.3, 0.4) is 0 Å². The Kier molecular flexibility index (Phi) is 6.59. The van der Waals surface area contributed by atoms with Gasteiger partial charge < -0.3 is 20.3 Å². The molecular formula is C21H26F3N3O4. The number of nitrogens with one attached hydrogen (secondary N) is 2. The van der Waals surface area contributed by atoms with Gasteiger partial charge in [0, 0.05) is 31.6 Å². The number of carbonyl (C=O) groups excluding carboxylic acids is 3. The largest absolute Gasteiger partial charge is 0.458 e. The van der Waals surface area contributed by atoms with E-state index in [4.69, 9.17) is 4.74 Å². The molecule has 1 spiro atoms. The fourth-order valence-electron chi connectivity index (χ4n) is 4.33. The van der Waals surface area contributed by atoms with Crippen LogP contribution in [0.25, 0.3) is 0 Å². The van der Waals surface area contributed by atoms with Gasteiger partial charge in [-0.2, -0.15) is 13.2 Å². The maximum atomic E-state index is 12.9. The van der Waals surface area contributed by atoms with Crippen LogP contribution in [-0.2, 0) is 25.3 Å². The summed E-state index contributed by atoms with van der Waals surface area (Å²) >= 11 is 0. The predicted octanol–water partition coefficient (Wildman–Crippen LogP) is 2.42. The van der Waals surface area contributed by atoms with Crippen molar-refractivity contribution >= 4 is 23.5 Å². The Morgan fingerprint density at radius 1 is 1.26 bits per heavy atom. The van der Waals surface area contributed by atoms with Gasteiger partial charge in [0.1, 0.15) is 5.60 Å². The average molecular weight is 441 g/mol. The van der Waals surface area contributed by atoms with Gasteiger partial charge in [-0.25, -0.2) is 0 Å². The summed E-state index contributed by atoms with van der Waals surface area (Å²) < 4.78 is 44.1. The molecule has 3 rings (SSSR count). The van der Waals surface area contributed by atoms with E-state index in [9.17, 15) is 27.6 Å². The number of esters is 1. The molecule has 0 aliphatic carbocycles. The number of ether oxygens (including phenoxy) is 1. The number of piperidine rings is 1. The van der Waals surface area contributed by atoms with Crippen LogP contribution in [0.5, 0.6) is 0 Å². The van der Waals surface area contributed by atoms with Crippen molar-refractivity contribution in [1.29, 1.82) is 0 Å². The Morgan fingerprint density at radius 3 is 2.55 bits per heavy atom. The van der Waals surface area contributed by atoms with Crippen LogP contribution in [0.15, 0.2) is 24.3 Å². The van der Waals surface area contributed by atoms with E-state index in [1.54, 1.807) is 6.92 Å². The molecule has 2 saturated heterocycles. The molecule has 31 heavy (non-hydrogen) atoms. The van der Waals surface area contributed by atoms with Crippen LogP contribution >= 0.6 is 0 Å². The molecule has 2 N–H and O–H groups in total. The van der Waals surface area contributed by atoms with Gasteiger partial charge in [0.25, 0.3) is 0 Å². The second kappa shape index (κ2) is 8.86. The Bertz CT molecular complexity index is 851. The zero-order valence-electron chi connectivity index (χ0n) is 17.4. The maximum absolute atomic E-state index is 12.9. The predicted molar refractivity (Wildman–Crippen MR) is 106 cm³/mol. The number of rotatable bonds is 5. The molecule has 0 bridgehead atoms. The third-order valence-corrected chi connectivity index (χ3v) is 6.07. The van der Waals surface area contributed by atoms with E-state index in [0.717, 1.165) is 18.7 Å². The molecule has 2 unspecified atom stereocenters. The lowest BCUT2D eigenvalue weighted by Gasteiger charge is -2.40. The molecule has 10 heteroatoms. The van der Waals surface area contributed by atoms with Crippen molar-refractivity contribution < 1.29 is 32.3 Å². The summed E-state index contributed by atoms with van der Waals surface area (Å²) in [4.78, 5) is 39.5. The van der Waals surface area contributed by atoms with E-state index in [0.29, 0.717) is 25.9 Å². The summed E-state index contributed by atoms with van der Waals surface area (Å²) in [6, 6.07) is 4.24. The van der Waals surface area contributed by atoms with Crippen molar-refractivity contribution in [2.45, 2.75) is 38.5 Å². The number of nitrogens with zero attached hydrogens (tertiary/aromatic N) is 1. The third kappa shape index (κ3) is 5.00. The number of halogens is 3. The average Bonchev–Trinajstić information content (AvgIpc) is 2.96. The van der Waals surface area contributed by atoms with E-state index in [1.165, 1.54) is 12.1 Å². The Hall–Kier alpha value is -2.62. The highest BCUT2D eigenvalue weighted by Gasteiger charge is 2.57. The lowest BCUT2D eigenvalue weighted by atomic mass is 9.75. The van der Waals surface area contributed by atoms with Crippen LogP contribution in [0.4, 0.5) is 18.9 Å². The molecule has 0 aromatic heterocycles. The van der Waals surface area contributed by atoms with Gasteiger partial charge in [-0.05, 0) is 24.7 Å². The first-order chi connectivity index (χ1) is 14.6. The lowest BCUT2D eigenvalue weighted by Crippen LogP contribution is -2.53. The van der Waals surface area contributed by atoms with Crippen molar-refractivity contribution in [3.05, 3.63) is 29.8 Å². The SMILES string of the molecule is CCN1CCC2(CC1)OC(=O)C(C)C2C(=O)NCC(=O)Nc1cccc(C(F)(F)F)c1. The minimum Gasteiger partial charge on any atom is -0.458 e. The standard InChI is InChI=1S/C21H26F3N3O4/c1-3-27-9-7-20(8-10-27)17(13(2)19(30)31-20)18(29)25-12-16(28)26-15-6-4-5-14(11-15)21(22,23)24/h4-6,11,13,17H,3,7-10,12H2,1-2H3,(H,25,29)(H,26,28). The number of alkyl halides is 3. The van der Waals surface area contributed by atoms with Crippen molar-refractivity contribution in [2.75, 3.05) is 31.5 Å². The van der Waals surface area contributed by atoms with Gasteiger partial charge in [-0.3, -0.25) is 14.4 Å². The molecule has 2 amide bonds. The van der Waals surface area contributed by atoms with Gasteiger partial charge in [0.15, 0.2) is 0 Å². The summed E-state index contributed by atoms with van der Waals surface area (Å²) in [7, 11) is 0. The highest BCUT2D eigenvalue weighted by atomic mass is 19.4. The second-order valence-corrected chi connectivity index (χ2v) is 8.03. The Morgan fingerprint density at radius 2 is 1.94 bits per heavy atom. The molecule has 0 saturated carbocycles. The first-order valence-electron chi connectivity index (χ1n) is 10.3. The minimum absolute atomic E-state index is 0.0229. The smallest absolute Gasteiger partial charge is 0.416 e. The van der Waals surface area contributed by atoms with Gasteiger partial charge in [-0.1, -0.05) is 19.9 Å². The number of benzene rings is 1. The summed E-state index contributed by atoms with van der Waals surface area (Å²) in [6.45, 7) is 5.52. The molecule has 170 valence electrons. The summed E-state index contributed by atoms with van der Waals surface area (Å²) in [6.07, 6.45) is -3.46. The van der Waals surface area contributed by atoms with E-state index in [1.807, 2.05) is 6.92 Å². The van der Waals surface area contributed by atoms with E-state index >= 15 is 0 Å². The van der Waals surface area contributed by atoms with Crippen molar-refractivity contribution in [1.82, 2.24) is 10.2 Å². The fourth-order valence-corrected chi connectivity index (χ4v) is 4.33. The molecule has 2 fully saturated rings. The normalized spacial score (nSPS) is 23.5. The van der Waals surface area contributed by atoms with Crippen LogP contribution in [0.1, 0.15) is 32.3 Å². The van der Waals surface area contributed by atoms with E-state index in [2.05, 4.69) is 15.5 Å². The monoisotopic (exact) mass is 441 g/mol. The molecular weight excluding hydrogens is 415 g/mol. The molecule has 7 nitrogen and oxygen atoms in total. The number of carbonyl (C=O) groups is 3. The van der Waals surface area contributed by atoms with Crippen LogP contribution in [0, 0.1) is 11.8 Å². The fraction of sp³-hybridized carbons (Fsp3) is 0.571. The number of likely N-dealkylation sites (tertiary alicyclic amines) is 1. The quantitative estimate of drug-likeness (QED) is 0.686. The summed E-state index contributed by atoms with van der Waals surface area (Å²) in [5.74, 6) is -2.93. The van der Waals surface area contributed by atoms with Crippen LogP contribution in [-0.4, -0.2) is 54.5 Å². The minimum atomic E-state index is -4.53. The topological polar surface area (TPSA) is 87.7 Å². The number of hydrogen-bond acceptors (Lipinski definition) is 5. The molecule has 1 aromatic rings. The zero-order valence-corrected chi connectivity index (χ0v) is 17.4. The summed E-state index contributed by atoms with van der Waals surface area (Å²) in [5.41, 5.74) is -1.79. The number of hydrogen-bond donors (Lipinski definition) is 2. The molecule has 1 aromatic carbocycles. The van der Waals surface area contributed by atoms with Gasteiger partial charge in [0.2, 0.25) is 11.8 Å². The summed E-state index contributed by atoms with van der Waals surface area (Å²) in [5, 5.41) is 4.86. The second-order valence-electron chi connectivity index (χ2n) is 8.03. The van der Waals surface area contributed by atoms with Crippen molar-refractivity contribution in [3.63, 3.8) is 0 Å². The lowest BCUT2D eigenvalue weighted by molar-refractivity contribution is -0.156. The third-order valence-electron chi connectivity index (χ3n) is 6.07. The molecule has 2 aliphatic rings. The van der Waals surface area contributed by atoms with Crippen molar-refractivity contribution in [2.24, 2.45) is 11.8 Å². The first kappa shape index (κ1) is 23.1. The van der Waals surface area contributed by atoms with Gasteiger partial charge in [-0.15, -0.1) is 0 Å². The number of amides is 2. The highest BCUT2D eigenvalue weighted by molar-refractivity contribution is 5.96. The molecule has 2 aliphatic heterocycles. The first-order valence-corrected chi connectivity index (χ1v) is 10.3.